The molecular formula is C21H33N. The smallest absolute Gasteiger partial charge is 0.0949 e. The summed E-state index contributed by atoms with van der Waals surface area (Å²) in [5, 5.41) is 9.32. The Labute approximate surface area is 138 Å². The fraction of sp³-hybridized carbons (Fsp3) is 0.571. The lowest BCUT2D eigenvalue weighted by atomic mass is 9.78. The van der Waals surface area contributed by atoms with E-state index in [-0.39, 0.29) is 0 Å². The third-order valence-electron chi connectivity index (χ3n) is 4.57. The summed E-state index contributed by atoms with van der Waals surface area (Å²) in [6.07, 6.45) is 8.83. The second kappa shape index (κ2) is 11.1. The minimum Gasteiger partial charge on any atom is -0.193 e. The van der Waals surface area contributed by atoms with Gasteiger partial charge in [0.25, 0.3) is 0 Å². The summed E-state index contributed by atoms with van der Waals surface area (Å²) in [5.41, 5.74) is 4.87. The highest BCUT2D eigenvalue weighted by Gasteiger charge is 2.20. The molecular weight excluding hydrogens is 266 g/mol. The van der Waals surface area contributed by atoms with Gasteiger partial charge in [-0.2, -0.15) is 5.26 Å². The lowest BCUT2D eigenvalue weighted by molar-refractivity contribution is 0.436. The molecule has 22 heavy (non-hydrogen) atoms. The number of nitriles is 1. The van der Waals surface area contributed by atoms with Crippen LogP contribution in [-0.4, -0.2) is 0 Å². The van der Waals surface area contributed by atoms with Crippen molar-refractivity contribution in [2.24, 2.45) is 11.8 Å². The highest BCUT2D eigenvalue weighted by molar-refractivity contribution is 5.31. The third kappa shape index (κ3) is 6.06. The van der Waals surface area contributed by atoms with Gasteiger partial charge in [-0.15, -0.1) is 6.58 Å². The van der Waals surface area contributed by atoms with Gasteiger partial charge in [0.1, 0.15) is 0 Å². The van der Waals surface area contributed by atoms with Crippen LogP contribution in [0.1, 0.15) is 66.7 Å². The van der Waals surface area contributed by atoms with E-state index in [2.05, 4.69) is 59.9 Å². The summed E-state index contributed by atoms with van der Waals surface area (Å²) >= 11 is 0. The van der Waals surface area contributed by atoms with Crippen molar-refractivity contribution in [1.29, 1.82) is 5.26 Å². The molecule has 0 N–H and O–H groups in total. The Balaban J connectivity index is 5.21. The number of rotatable bonds is 10. The van der Waals surface area contributed by atoms with Crippen molar-refractivity contribution in [3.63, 3.8) is 0 Å². The molecule has 0 saturated carbocycles. The Hall–Kier alpha value is -1.55. The van der Waals surface area contributed by atoms with Gasteiger partial charge in [0, 0.05) is 17.9 Å². The highest BCUT2D eigenvalue weighted by atomic mass is 14.3. The van der Waals surface area contributed by atoms with Gasteiger partial charge in [-0.25, -0.2) is 0 Å². The molecule has 1 heteroatoms. The molecule has 0 aromatic carbocycles. The van der Waals surface area contributed by atoms with Crippen LogP contribution in [0.25, 0.3) is 0 Å². The molecule has 2 atom stereocenters. The largest absolute Gasteiger partial charge is 0.193 e. The van der Waals surface area contributed by atoms with Crippen LogP contribution in [0.15, 0.2) is 47.6 Å². The van der Waals surface area contributed by atoms with Crippen molar-refractivity contribution >= 4 is 0 Å². The van der Waals surface area contributed by atoms with Gasteiger partial charge >= 0.3 is 0 Å². The van der Waals surface area contributed by atoms with Crippen LogP contribution in [-0.2, 0) is 0 Å². The Kier molecular flexibility index (Phi) is 10.3. The first-order valence-corrected chi connectivity index (χ1v) is 8.48. The van der Waals surface area contributed by atoms with Crippen molar-refractivity contribution in [3.05, 3.63) is 47.6 Å². The zero-order valence-electron chi connectivity index (χ0n) is 15.2. The molecule has 0 saturated heterocycles. The van der Waals surface area contributed by atoms with Gasteiger partial charge < -0.3 is 0 Å². The van der Waals surface area contributed by atoms with Crippen LogP contribution in [0.3, 0.4) is 0 Å². The topological polar surface area (TPSA) is 23.8 Å². The maximum atomic E-state index is 9.32. The van der Waals surface area contributed by atoms with Crippen molar-refractivity contribution in [2.45, 2.75) is 66.7 Å². The molecule has 0 aromatic rings. The standard InChI is InChI=1S/C21H33N/c1-8-12-20(15-22)18(10-3)13-14-19(11-4)21(16(5)6)17(7)9-2/h8,11,17,21H,1,5,9-10,12-14H2,2-4,6-7H3/b19-11-,20-18-. The van der Waals surface area contributed by atoms with Crippen LogP contribution in [0.4, 0.5) is 0 Å². The average molecular weight is 300 g/mol. The quantitative estimate of drug-likeness (QED) is 0.323. The van der Waals surface area contributed by atoms with E-state index in [1.807, 2.05) is 6.08 Å². The maximum absolute atomic E-state index is 9.32. The van der Waals surface area contributed by atoms with E-state index >= 15 is 0 Å². The maximum Gasteiger partial charge on any atom is 0.0949 e. The summed E-state index contributed by atoms with van der Waals surface area (Å²) in [4.78, 5) is 0. The van der Waals surface area contributed by atoms with E-state index in [0.717, 1.165) is 31.3 Å². The molecule has 0 bridgehead atoms. The molecule has 2 unspecified atom stereocenters. The molecule has 0 rings (SSSR count). The number of allylic oxidation sites excluding steroid dienone is 6. The Morgan fingerprint density at radius 1 is 1.27 bits per heavy atom. The molecule has 0 aliphatic rings. The second-order valence-electron chi connectivity index (χ2n) is 6.11. The van der Waals surface area contributed by atoms with Gasteiger partial charge in [-0.05, 0) is 39.0 Å². The fourth-order valence-corrected chi connectivity index (χ4v) is 3.13. The van der Waals surface area contributed by atoms with Gasteiger partial charge in [0.15, 0.2) is 0 Å². The van der Waals surface area contributed by atoms with Crippen molar-refractivity contribution in [1.82, 2.24) is 0 Å². The highest BCUT2D eigenvalue weighted by Crippen LogP contribution is 2.33. The van der Waals surface area contributed by atoms with Gasteiger partial charge in [-0.3, -0.25) is 0 Å². The average Bonchev–Trinajstić information content (AvgIpc) is 2.51. The predicted molar refractivity (Wildman–Crippen MR) is 98.5 cm³/mol. The van der Waals surface area contributed by atoms with E-state index in [0.29, 0.717) is 18.3 Å². The first-order chi connectivity index (χ1) is 10.5. The Morgan fingerprint density at radius 3 is 2.27 bits per heavy atom. The lowest BCUT2D eigenvalue weighted by Gasteiger charge is -2.27. The summed E-state index contributed by atoms with van der Waals surface area (Å²) < 4.78 is 0. The van der Waals surface area contributed by atoms with Crippen LogP contribution < -0.4 is 0 Å². The van der Waals surface area contributed by atoms with Gasteiger partial charge in [-0.1, -0.05) is 62.6 Å². The first-order valence-electron chi connectivity index (χ1n) is 8.48. The third-order valence-corrected chi connectivity index (χ3v) is 4.57. The molecule has 0 aliphatic carbocycles. The second-order valence-corrected chi connectivity index (χ2v) is 6.11. The van der Waals surface area contributed by atoms with Crippen LogP contribution in [0.5, 0.6) is 0 Å². The molecule has 0 radical (unpaired) electrons. The SMILES string of the molecule is C=CC/C(C#N)=C(\CC)CC/C(=C/C)C(C(=C)C)C(C)CC. The van der Waals surface area contributed by atoms with Crippen LogP contribution in [0, 0.1) is 23.2 Å². The van der Waals surface area contributed by atoms with Crippen molar-refractivity contribution in [2.75, 3.05) is 0 Å². The monoisotopic (exact) mass is 299 g/mol. The van der Waals surface area contributed by atoms with Crippen LogP contribution in [0.2, 0.25) is 0 Å². The van der Waals surface area contributed by atoms with E-state index in [9.17, 15) is 5.26 Å². The molecule has 122 valence electrons. The minimum absolute atomic E-state index is 0.457. The van der Waals surface area contributed by atoms with E-state index in [4.69, 9.17) is 0 Å². The Bertz CT molecular complexity index is 471. The zero-order valence-corrected chi connectivity index (χ0v) is 15.2. The summed E-state index contributed by atoms with van der Waals surface area (Å²) in [7, 11) is 0. The number of hydrogen-bond acceptors (Lipinski definition) is 1. The lowest BCUT2D eigenvalue weighted by Crippen LogP contribution is -2.15. The molecule has 1 nitrogen and oxygen atoms in total. The van der Waals surface area contributed by atoms with E-state index < -0.39 is 0 Å². The van der Waals surface area contributed by atoms with E-state index in [1.165, 1.54) is 16.7 Å². The summed E-state index contributed by atoms with van der Waals surface area (Å²) in [6.45, 7) is 18.9. The zero-order chi connectivity index (χ0) is 17.1. The van der Waals surface area contributed by atoms with Gasteiger partial charge in [0.2, 0.25) is 0 Å². The first kappa shape index (κ1) is 20.5. The van der Waals surface area contributed by atoms with E-state index in [1.54, 1.807) is 0 Å². The van der Waals surface area contributed by atoms with Crippen molar-refractivity contribution < 1.29 is 0 Å². The summed E-state index contributed by atoms with van der Waals surface area (Å²) in [5.74, 6) is 1.07. The molecule has 0 heterocycles. The minimum atomic E-state index is 0.457. The molecule has 0 fully saturated rings. The molecule has 0 aliphatic heterocycles. The summed E-state index contributed by atoms with van der Waals surface area (Å²) in [6, 6.07) is 2.35. The predicted octanol–water partition coefficient (Wildman–Crippen LogP) is 6.76. The Morgan fingerprint density at radius 2 is 1.91 bits per heavy atom. The normalized spacial score (nSPS) is 15.5. The molecule has 0 aromatic heterocycles. The van der Waals surface area contributed by atoms with Crippen LogP contribution >= 0.6 is 0 Å². The fourth-order valence-electron chi connectivity index (χ4n) is 3.13. The van der Waals surface area contributed by atoms with Crippen molar-refractivity contribution in [3.8, 4) is 6.07 Å². The number of nitrogens with zero attached hydrogens (tertiary/aromatic N) is 1. The van der Waals surface area contributed by atoms with Gasteiger partial charge in [0.05, 0.1) is 6.07 Å². The molecule has 0 amide bonds. The molecule has 0 spiro atoms. The number of hydrogen-bond donors (Lipinski definition) is 0.